The molecule has 1 aliphatic rings. The normalized spacial score (nSPS) is 17.5. The van der Waals surface area contributed by atoms with Gasteiger partial charge in [0.25, 0.3) is 0 Å². The van der Waals surface area contributed by atoms with E-state index in [1.165, 1.54) is 41.3 Å². The summed E-state index contributed by atoms with van der Waals surface area (Å²) in [5.41, 5.74) is 1.29. The minimum absolute atomic E-state index is 0.761. The maximum absolute atomic E-state index is 4.55. The lowest BCUT2D eigenvalue weighted by Crippen LogP contribution is -2.25. The summed E-state index contributed by atoms with van der Waals surface area (Å²) in [6.45, 7) is 5.32. The van der Waals surface area contributed by atoms with Crippen molar-refractivity contribution in [3.05, 3.63) is 15.6 Å². The molecule has 0 radical (unpaired) electrons. The molecule has 1 fully saturated rings. The quantitative estimate of drug-likeness (QED) is 0.850. The van der Waals surface area contributed by atoms with Gasteiger partial charge in [-0.2, -0.15) is 0 Å². The lowest BCUT2D eigenvalue weighted by molar-refractivity contribution is 0.525. The molecule has 1 heterocycles. The highest BCUT2D eigenvalue weighted by molar-refractivity contribution is 7.11. The molecule has 0 aromatic carbocycles. The molecule has 0 bridgehead atoms. The second kappa shape index (κ2) is 5.08. The largest absolute Gasteiger partial charge is 0.309 e. The molecule has 3 heteroatoms. The Bertz CT molecular complexity index is 313. The van der Waals surface area contributed by atoms with Crippen LogP contribution in [-0.4, -0.2) is 11.0 Å². The van der Waals surface area contributed by atoms with Gasteiger partial charge < -0.3 is 5.32 Å². The van der Waals surface area contributed by atoms with Crippen molar-refractivity contribution in [2.24, 2.45) is 0 Å². The number of aryl methyl sites for hydroxylation is 2. The van der Waals surface area contributed by atoms with E-state index in [1.54, 1.807) is 0 Å². The third-order valence-electron chi connectivity index (χ3n) is 3.13. The van der Waals surface area contributed by atoms with Crippen LogP contribution in [0.2, 0.25) is 0 Å². The van der Waals surface area contributed by atoms with Crippen LogP contribution in [-0.2, 0) is 13.0 Å². The zero-order valence-corrected chi connectivity index (χ0v) is 10.5. The summed E-state index contributed by atoms with van der Waals surface area (Å²) in [5.74, 6) is 0. The highest BCUT2D eigenvalue weighted by Crippen LogP contribution is 2.21. The molecule has 1 saturated carbocycles. The molecule has 1 aromatic heterocycles. The summed E-state index contributed by atoms with van der Waals surface area (Å²) in [4.78, 5) is 6.00. The van der Waals surface area contributed by atoms with Crippen LogP contribution in [0, 0.1) is 6.92 Å². The molecular weight excluding hydrogens is 204 g/mol. The Morgan fingerprint density at radius 1 is 1.40 bits per heavy atom. The van der Waals surface area contributed by atoms with E-state index in [2.05, 4.69) is 24.1 Å². The van der Waals surface area contributed by atoms with Crippen LogP contribution < -0.4 is 5.32 Å². The van der Waals surface area contributed by atoms with Gasteiger partial charge in [-0.3, -0.25) is 0 Å². The average Bonchev–Trinajstić information content (AvgIpc) is 2.83. The summed E-state index contributed by atoms with van der Waals surface area (Å²) in [5, 5.41) is 4.86. The first-order chi connectivity index (χ1) is 7.29. The maximum Gasteiger partial charge on any atom is 0.0900 e. The fraction of sp³-hybridized carbons (Fsp3) is 0.750. The molecule has 0 spiro atoms. The Kier molecular flexibility index (Phi) is 3.76. The Hall–Kier alpha value is -0.410. The number of thiazole rings is 1. The van der Waals surface area contributed by atoms with E-state index in [4.69, 9.17) is 0 Å². The summed E-state index contributed by atoms with van der Waals surface area (Å²) in [6.07, 6.45) is 6.59. The predicted molar refractivity (Wildman–Crippen MR) is 65.3 cm³/mol. The zero-order chi connectivity index (χ0) is 10.7. The number of aromatic nitrogens is 1. The van der Waals surface area contributed by atoms with Gasteiger partial charge in [0.2, 0.25) is 0 Å². The Labute approximate surface area is 96.1 Å². The molecule has 0 atom stereocenters. The first-order valence-electron chi connectivity index (χ1n) is 5.98. The van der Waals surface area contributed by atoms with E-state index in [1.807, 2.05) is 11.3 Å². The van der Waals surface area contributed by atoms with Gasteiger partial charge in [-0.05, 0) is 26.2 Å². The van der Waals surface area contributed by atoms with Crippen molar-refractivity contribution in [1.82, 2.24) is 10.3 Å². The van der Waals surface area contributed by atoms with Gasteiger partial charge in [-0.25, -0.2) is 4.98 Å². The van der Waals surface area contributed by atoms with Crippen molar-refractivity contribution < 1.29 is 0 Å². The smallest absolute Gasteiger partial charge is 0.0900 e. The van der Waals surface area contributed by atoms with Crippen molar-refractivity contribution in [2.45, 2.75) is 58.5 Å². The lowest BCUT2D eigenvalue weighted by atomic mass is 10.2. The highest BCUT2D eigenvalue weighted by atomic mass is 32.1. The second-order valence-electron chi connectivity index (χ2n) is 4.32. The van der Waals surface area contributed by atoms with E-state index in [9.17, 15) is 0 Å². The van der Waals surface area contributed by atoms with E-state index in [0.717, 1.165) is 19.0 Å². The topological polar surface area (TPSA) is 24.9 Å². The Balaban J connectivity index is 1.91. The van der Waals surface area contributed by atoms with Crippen LogP contribution in [0.5, 0.6) is 0 Å². The molecule has 84 valence electrons. The van der Waals surface area contributed by atoms with Crippen LogP contribution >= 0.6 is 11.3 Å². The van der Waals surface area contributed by atoms with Crippen molar-refractivity contribution in [1.29, 1.82) is 0 Å². The monoisotopic (exact) mass is 224 g/mol. The van der Waals surface area contributed by atoms with Gasteiger partial charge in [0, 0.05) is 17.5 Å². The lowest BCUT2D eigenvalue weighted by Gasteiger charge is -2.10. The first kappa shape index (κ1) is 11.1. The van der Waals surface area contributed by atoms with Crippen molar-refractivity contribution in [3.8, 4) is 0 Å². The molecule has 0 saturated heterocycles. The van der Waals surface area contributed by atoms with Crippen molar-refractivity contribution >= 4 is 11.3 Å². The molecule has 0 aliphatic heterocycles. The van der Waals surface area contributed by atoms with E-state index in [0.29, 0.717) is 0 Å². The minimum atomic E-state index is 0.761. The highest BCUT2D eigenvalue weighted by Gasteiger charge is 2.15. The van der Waals surface area contributed by atoms with Gasteiger partial charge in [-0.1, -0.05) is 19.8 Å². The first-order valence-corrected chi connectivity index (χ1v) is 6.79. The molecule has 2 rings (SSSR count). The molecule has 15 heavy (non-hydrogen) atoms. The van der Waals surface area contributed by atoms with Crippen LogP contribution in [0.1, 0.15) is 48.2 Å². The molecule has 1 N–H and O–H groups in total. The summed E-state index contributed by atoms with van der Waals surface area (Å²) >= 11 is 1.85. The van der Waals surface area contributed by atoms with E-state index >= 15 is 0 Å². The number of rotatable bonds is 4. The molecule has 1 aromatic rings. The van der Waals surface area contributed by atoms with Crippen molar-refractivity contribution in [3.63, 3.8) is 0 Å². The summed E-state index contributed by atoms with van der Waals surface area (Å²) < 4.78 is 0. The van der Waals surface area contributed by atoms with Gasteiger partial charge in [0.05, 0.1) is 10.7 Å². The van der Waals surface area contributed by atoms with E-state index < -0.39 is 0 Å². The van der Waals surface area contributed by atoms with Gasteiger partial charge in [-0.15, -0.1) is 11.3 Å². The van der Waals surface area contributed by atoms with E-state index in [-0.39, 0.29) is 0 Å². The summed E-state index contributed by atoms with van der Waals surface area (Å²) in [6, 6.07) is 0.761. The van der Waals surface area contributed by atoms with Crippen LogP contribution in [0.15, 0.2) is 0 Å². The fourth-order valence-corrected chi connectivity index (χ4v) is 3.27. The predicted octanol–water partition coefficient (Wildman–Crippen LogP) is 3.05. The third-order valence-corrected chi connectivity index (χ3v) is 4.14. The standard InChI is InChI=1S/C12H20N2S/c1-3-11-12(15-9(2)14-11)8-13-10-6-4-5-7-10/h10,13H,3-8H2,1-2H3. The molecular formula is C12H20N2S. The zero-order valence-electron chi connectivity index (χ0n) is 9.68. The number of nitrogens with zero attached hydrogens (tertiary/aromatic N) is 1. The third kappa shape index (κ3) is 2.79. The molecule has 0 amide bonds. The molecule has 0 unspecified atom stereocenters. The number of hydrogen-bond donors (Lipinski definition) is 1. The number of hydrogen-bond acceptors (Lipinski definition) is 3. The maximum atomic E-state index is 4.55. The number of nitrogens with one attached hydrogen (secondary N) is 1. The average molecular weight is 224 g/mol. The molecule has 1 aliphatic carbocycles. The fourth-order valence-electron chi connectivity index (χ4n) is 2.29. The molecule has 2 nitrogen and oxygen atoms in total. The minimum Gasteiger partial charge on any atom is -0.309 e. The van der Waals surface area contributed by atoms with Gasteiger partial charge >= 0.3 is 0 Å². The second-order valence-corrected chi connectivity index (χ2v) is 5.61. The Morgan fingerprint density at radius 3 is 2.80 bits per heavy atom. The Morgan fingerprint density at radius 2 is 2.13 bits per heavy atom. The van der Waals surface area contributed by atoms with Crippen molar-refractivity contribution in [2.75, 3.05) is 0 Å². The van der Waals surface area contributed by atoms with Crippen LogP contribution in [0.4, 0.5) is 0 Å². The van der Waals surface area contributed by atoms with Gasteiger partial charge in [0.1, 0.15) is 0 Å². The van der Waals surface area contributed by atoms with Crippen LogP contribution in [0.25, 0.3) is 0 Å². The summed E-state index contributed by atoms with van der Waals surface area (Å²) in [7, 11) is 0. The van der Waals surface area contributed by atoms with Gasteiger partial charge in [0.15, 0.2) is 0 Å². The SMILES string of the molecule is CCc1nc(C)sc1CNC1CCCC1. The van der Waals surface area contributed by atoms with Crippen LogP contribution in [0.3, 0.4) is 0 Å².